The molecule has 0 aliphatic carbocycles. The second-order valence-electron chi connectivity index (χ2n) is 8.07. The van der Waals surface area contributed by atoms with E-state index in [1.54, 1.807) is 16.2 Å². The fourth-order valence-corrected chi connectivity index (χ4v) is 4.34. The maximum absolute atomic E-state index is 13.4. The van der Waals surface area contributed by atoms with Crippen molar-refractivity contribution >= 4 is 23.3 Å². The van der Waals surface area contributed by atoms with Gasteiger partial charge < -0.3 is 24.6 Å². The van der Waals surface area contributed by atoms with Gasteiger partial charge in [-0.05, 0) is 54.5 Å². The number of carbonyl (C=O) groups excluding carboxylic acids is 2. The summed E-state index contributed by atoms with van der Waals surface area (Å²) in [5.74, 6) is 1.59. The van der Waals surface area contributed by atoms with Crippen LogP contribution in [0.1, 0.15) is 36.8 Å². The third-order valence-corrected chi connectivity index (χ3v) is 6.00. The smallest absolute Gasteiger partial charge is 0.317 e. The van der Waals surface area contributed by atoms with Crippen LogP contribution >= 0.6 is 11.3 Å². The summed E-state index contributed by atoms with van der Waals surface area (Å²) in [6, 6.07) is 7.59. The van der Waals surface area contributed by atoms with Gasteiger partial charge in [-0.2, -0.15) is 0 Å². The molecule has 0 fully saturated rings. The molecular weight excluding hydrogens is 414 g/mol. The molecule has 168 valence electrons. The number of carbonyl (C=O) groups is 2. The number of hydrogen-bond donors (Lipinski definition) is 1. The minimum Gasteiger partial charge on any atom is -0.454 e. The SMILES string of the molecule is CCNC(=O)N(CC(=O)N(Cc1ccc2c(c1)OCO2)Cc1sccc1C)CC(C)C. The number of rotatable bonds is 9. The molecule has 1 aromatic carbocycles. The van der Waals surface area contributed by atoms with Crippen LogP contribution in [0.4, 0.5) is 4.79 Å². The highest BCUT2D eigenvalue weighted by Crippen LogP contribution is 2.33. The first-order chi connectivity index (χ1) is 14.9. The van der Waals surface area contributed by atoms with Gasteiger partial charge >= 0.3 is 6.03 Å². The van der Waals surface area contributed by atoms with Crippen LogP contribution in [0.2, 0.25) is 0 Å². The summed E-state index contributed by atoms with van der Waals surface area (Å²) in [5, 5.41) is 4.85. The van der Waals surface area contributed by atoms with Crippen molar-refractivity contribution in [2.24, 2.45) is 5.92 Å². The number of fused-ring (bicyclic) bond motifs is 1. The lowest BCUT2D eigenvalue weighted by molar-refractivity contribution is -0.133. The number of nitrogens with one attached hydrogen (secondary N) is 1. The molecule has 1 aliphatic rings. The van der Waals surface area contributed by atoms with Crippen molar-refractivity contribution in [2.75, 3.05) is 26.4 Å². The van der Waals surface area contributed by atoms with Crippen LogP contribution in [0.15, 0.2) is 29.6 Å². The third kappa shape index (κ3) is 6.13. The number of aryl methyl sites for hydroxylation is 1. The predicted octanol–water partition coefficient (Wildman–Crippen LogP) is 4.00. The zero-order chi connectivity index (χ0) is 22.4. The molecule has 3 rings (SSSR count). The molecule has 1 aliphatic heterocycles. The van der Waals surface area contributed by atoms with E-state index in [1.807, 2.05) is 49.3 Å². The van der Waals surface area contributed by atoms with E-state index in [1.165, 1.54) is 0 Å². The zero-order valence-corrected chi connectivity index (χ0v) is 19.5. The number of benzene rings is 1. The van der Waals surface area contributed by atoms with Gasteiger partial charge in [-0.1, -0.05) is 19.9 Å². The van der Waals surface area contributed by atoms with E-state index in [9.17, 15) is 9.59 Å². The molecule has 0 atom stereocenters. The number of nitrogens with zero attached hydrogens (tertiary/aromatic N) is 2. The molecule has 0 unspecified atom stereocenters. The highest BCUT2D eigenvalue weighted by atomic mass is 32.1. The molecule has 0 spiro atoms. The number of thiophene rings is 1. The fourth-order valence-electron chi connectivity index (χ4n) is 3.42. The summed E-state index contributed by atoms with van der Waals surface area (Å²) in [7, 11) is 0. The molecular formula is C23H31N3O4S. The molecule has 0 saturated heterocycles. The number of urea groups is 1. The van der Waals surface area contributed by atoms with Crippen LogP contribution < -0.4 is 14.8 Å². The molecule has 31 heavy (non-hydrogen) atoms. The van der Waals surface area contributed by atoms with Crippen LogP contribution in [-0.4, -0.2) is 48.2 Å². The second kappa shape index (κ2) is 10.5. The number of ether oxygens (including phenoxy) is 2. The van der Waals surface area contributed by atoms with Crippen molar-refractivity contribution in [3.63, 3.8) is 0 Å². The quantitative estimate of drug-likeness (QED) is 0.633. The van der Waals surface area contributed by atoms with Gasteiger partial charge in [0.2, 0.25) is 12.7 Å². The van der Waals surface area contributed by atoms with E-state index in [0.717, 1.165) is 21.8 Å². The van der Waals surface area contributed by atoms with Crippen molar-refractivity contribution in [1.82, 2.24) is 15.1 Å². The first kappa shape index (κ1) is 22.9. The number of amides is 3. The topological polar surface area (TPSA) is 71.1 Å². The maximum atomic E-state index is 13.4. The Hall–Kier alpha value is -2.74. The van der Waals surface area contributed by atoms with E-state index < -0.39 is 0 Å². The Bertz CT molecular complexity index is 912. The van der Waals surface area contributed by atoms with Crippen LogP contribution in [0, 0.1) is 12.8 Å². The summed E-state index contributed by atoms with van der Waals surface area (Å²) in [6.07, 6.45) is 0. The lowest BCUT2D eigenvalue weighted by Gasteiger charge is -2.29. The van der Waals surface area contributed by atoms with Gasteiger partial charge in [-0.15, -0.1) is 11.3 Å². The van der Waals surface area contributed by atoms with Crippen molar-refractivity contribution in [2.45, 2.75) is 40.8 Å². The largest absolute Gasteiger partial charge is 0.454 e. The molecule has 3 amide bonds. The Labute approximate surface area is 187 Å². The minimum atomic E-state index is -0.208. The normalized spacial score (nSPS) is 12.2. The van der Waals surface area contributed by atoms with Gasteiger partial charge in [-0.25, -0.2) is 4.79 Å². The van der Waals surface area contributed by atoms with Gasteiger partial charge in [0.05, 0.1) is 6.54 Å². The fraction of sp³-hybridized carbons (Fsp3) is 0.478. The Morgan fingerprint density at radius 2 is 1.90 bits per heavy atom. The Morgan fingerprint density at radius 3 is 2.58 bits per heavy atom. The standard InChI is InChI=1S/C23H31N3O4S/c1-5-24-23(28)26(11-16(2)3)14-22(27)25(13-21-17(4)8-9-31-21)12-18-6-7-19-20(10-18)30-15-29-19/h6-10,16H,5,11-15H2,1-4H3,(H,24,28). The summed E-state index contributed by atoms with van der Waals surface area (Å²) in [6.45, 7) is 10.2. The van der Waals surface area contributed by atoms with Crippen molar-refractivity contribution in [3.8, 4) is 11.5 Å². The van der Waals surface area contributed by atoms with Gasteiger partial charge in [0.1, 0.15) is 6.54 Å². The molecule has 1 N–H and O–H groups in total. The van der Waals surface area contributed by atoms with Crippen LogP contribution in [0.25, 0.3) is 0 Å². The van der Waals surface area contributed by atoms with Gasteiger partial charge in [0.15, 0.2) is 11.5 Å². The summed E-state index contributed by atoms with van der Waals surface area (Å²) >= 11 is 1.64. The summed E-state index contributed by atoms with van der Waals surface area (Å²) in [5.41, 5.74) is 2.12. The summed E-state index contributed by atoms with van der Waals surface area (Å²) in [4.78, 5) is 30.4. The molecule has 0 radical (unpaired) electrons. The minimum absolute atomic E-state index is 0.0407. The monoisotopic (exact) mass is 445 g/mol. The first-order valence-electron chi connectivity index (χ1n) is 10.6. The van der Waals surface area contributed by atoms with E-state index in [0.29, 0.717) is 31.9 Å². The Morgan fingerprint density at radius 1 is 1.13 bits per heavy atom. The molecule has 2 aromatic rings. The summed E-state index contributed by atoms with van der Waals surface area (Å²) < 4.78 is 10.9. The average molecular weight is 446 g/mol. The molecule has 0 bridgehead atoms. The van der Waals surface area contributed by atoms with Crippen molar-refractivity contribution in [1.29, 1.82) is 0 Å². The first-order valence-corrected chi connectivity index (χ1v) is 11.5. The van der Waals surface area contributed by atoms with Crippen molar-refractivity contribution in [3.05, 3.63) is 45.6 Å². The van der Waals surface area contributed by atoms with E-state index in [-0.39, 0.29) is 31.2 Å². The van der Waals surface area contributed by atoms with Crippen LogP contribution in [-0.2, 0) is 17.9 Å². The van der Waals surface area contributed by atoms with Crippen LogP contribution in [0.5, 0.6) is 11.5 Å². The highest BCUT2D eigenvalue weighted by molar-refractivity contribution is 7.10. The van der Waals surface area contributed by atoms with E-state index in [4.69, 9.17) is 9.47 Å². The number of hydrogen-bond acceptors (Lipinski definition) is 5. The highest BCUT2D eigenvalue weighted by Gasteiger charge is 2.24. The molecule has 7 nitrogen and oxygen atoms in total. The zero-order valence-electron chi connectivity index (χ0n) is 18.6. The lowest BCUT2D eigenvalue weighted by atomic mass is 10.1. The van der Waals surface area contributed by atoms with Gasteiger partial charge in [0, 0.05) is 24.5 Å². The van der Waals surface area contributed by atoms with E-state index >= 15 is 0 Å². The Balaban J connectivity index is 1.79. The second-order valence-corrected chi connectivity index (χ2v) is 9.07. The molecule has 0 saturated carbocycles. The predicted molar refractivity (Wildman–Crippen MR) is 121 cm³/mol. The van der Waals surface area contributed by atoms with Gasteiger partial charge in [0.25, 0.3) is 0 Å². The molecule has 1 aromatic heterocycles. The molecule has 8 heteroatoms. The Kier molecular flexibility index (Phi) is 7.79. The lowest BCUT2D eigenvalue weighted by Crippen LogP contribution is -2.47. The van der Waals surface area contributed by atoms with Gasteiger partial charge in [-0.3, -0.25) is 4.79 Å². The third-order valence-electron chi connectivity index (χ3n) is 4.99. The van der Waals surface area contributed by atoms with E-state index in [2.05, 4.69) is 18.3 Å². The average Bonchev–Trinajstić information content (AvgIpc) is 3.35. The van der Waals surface area contributed by atoms with Crippen LogP contribution in [0.3, 0.4) is 0 Å². The molecule has 2 heterocycles. The maximum Gasteiger partial charge on any atom is 0.317 e. The van der Waals surface area contributed by atoms with Crippen molar-refractivity contribution < 1.29 is 19.1 Å².